The first-order valence-corrected chi connectivity index (χ1v) is 7.33. The number of carbonyl (C=O) groups excluding carboxylic acids is 1. The molecule has 1 aromatic heterocycles. The number of rotatable bonds is 4. The van der Waals surface area contributed by atoms with E-state index < -0.39 is 0 Å². The Hall–Kier alpha value is -3.46. The topological polar surface area (TPSA) is 91.8 Å². The third-order valence-electron chi connectivity index (χ3n) is 3.36. The Labute approximate surface area is 138 Å². The molecule has 0 atom stereocenters. The van der Waals surface area contributed by atoms with Crippen LogP contribution in [0.5, 0.6) is 0 Å². The molecule has 2 aromatic carbocycles. The lowest BCUT2D eigenvalue weighted by molar-refractivity contribution is -0.115. The number of nitrogens with one attached hydrogen (secondary N) is 1. The summed E-state index contributed by atoms with van der Waals surface area (Å²) < 4.78 is 5.72. The van der Waals surface area contributed by atoms with Crippen molar-refractivity contribution in [2.75, 3.05) is 5.32 Å². The molecule has 0 bridgehead atoms. The Morgan fingerprint density at radius 2 is 1.83 bits per heavy atom. The molecule has 0 unspecified atom stereocenters. The van der Waals surface area contributed by atoms with Gasteiger partial charge in [-0.2, -0.15) is 5.26 Å². The first-order valence-electron chi connectivity index (χ1n) is 7.33. The maximum atomic E-state index is 11.5. The average molecular weight is 318 g/mol. The number of nitrogens with zero attached hydrogens (tertiary/aromatic N) is 3. The lowest BCUT2D eigenvalue weighted by Crippen LogP contribution is -2.09. The zero-order valence-corrected chi connectivity index (χ0v) is 13.0. The number of aryl methyl sites for hydroxylation is 1. The van der Waals surface area contributed by atoms with Gasteiger partial charge < -0.3 is 9.73 Å². The monoisotopic (exact) mass is 318 g/mol. The van der Waals surface area contributed by atoms with Gasteiger partial charge in [-0.3, -0.25) is 4.79 Å². The number of anilines is 1. The van der Waals surface area contributed by atoms with Crippen molar-refractivity contribution in [2.24, 2.45) is 0 Å². The van der Waals surface area contributed by atoms with Crippen LogP contribution in [0.15, 0.2) is 52.9 Å². The number of amides is 1. The van der Waals surface area contributed by atoms with E-state index in [1.807, 2.05) is 37.3 Å². The fraction of sp³-hybridized carbons (Fsp3) is 0.111. The normalized spacial score (nSPS) is 10.2. The quantitative estimate of drug-likeness (QED) is 0.794. The molecule has 0 radical (unpaired) electrons. The third-order valence-corrected chi connectivity index (χ3v) is 3.36. The van der Waals surface area contributed by atoms with E-state index >= 15 is 0 Å². The van der Waals surface area contributed by atoms with E-state index in [1.165, 1.54) is 0 Å². The van der Waals surface area contributed by atoms with Gasteiger partial charge in [-0.25, -0.2) is 0 Å². The Bertz CT molecular complexity index is 907. The summed E-state index contributed by atoms with van der Waals surface area (Å²) in [5.74, 6) is 0.436. The van der Waals surface area contributed by atoms with E-state index in [4.69, 9.17) is 9.68 Å². The molecule has 0 aliphatic heterocycles. The summed E-state index contributed by atoms with van der Waals surface area (Å²) in [5.41, 5.74) is 3.26. The van der Waals surface area contributed by atoms with Gasteiger partial charge in [0.25, 0.3) is 0 Å². The van der Waals surface area contributed by atoms with Crippen LogP contribution in [-0.2, 0) is 4.79 Å². The van der Waals surface area contributed by atoms with Crippen molar-refractivity contribution >= 4 is 11.6 Å². The van der Waals surface area contributed by atoms with Gasteiger partial charge in [0.1, 0.15) is 6.42 Å². The molecule has 24 heavy (non-hydrogen) atoms. The summed E-state index contributed by atoms with van der Waals surface area (Å²) in [6.45, 7) is 2.01. The van der Waals surface area contributed by atoms with E-state index in [-0.39, 0.29) is 12.3 Å². The smallest absolute Gasteiger partial charge is 0.248 e. The van der Waals surface area contributed by atoms with Gasteiger partial charge in [0.15, 0.2) is 0 Å². The van der Waals surface area contributed by atoms with Gasteiger partial charge in [-0.1, -0.05) is 23.8 Å². The van der Waals surface area contributed by atoms with Crippen LogP contribution in [0.25, 0.3) is 22.9 Å². The second kappa shape index (κ2) is 6.75. The first kappa shape index (κ1) is 15.4. The molecule has 0 saturated heterocycles. The van der Waals surface area contributed by atoms with Gasteiger partial charge in [-0.15, -0.1) is 10.2 Å². The summed E-state index contributed by atoms with van der Waals surface area (Å²) in [7, 11) is 0. The van der Waals surface area contributed by atoms with Crippen LogP contribution in [0.3, 0.4) is 0 Å². The Balaban J connectivity index is 1.84. The molecule has 6 heteroatoms. The van der Waals surface area contributed by atoms with Crippen molar-refractivity contribution < 1.29 is 9.21 Å². The predicted molar refractivity (Wildman–Crippen MR) is 88.8 cm³/mol. The van der Waals surface area contributed by atoms with Crippen molar-refractivity contribution in [2.45, 2.75) is 13.3 Å². The number of nitriles is 1. The number of benzene rings is 2. The lowest BCUT2D eigenvalue weighted by atomic mass is 10.1. The van der Waals surface area contributed by atoms with Crippen molar-refractivity contribution in [3.05, 3.63) is 54.1 Å². The average Bonchev–Trinajstić information content (AvgIpc) is 3.06. The van der Waals surface area contributed by atoms with Crippen LogP contribution in [0.2, 0.25) is 0 Å². The molecule has 0 aliphatic rings. The molecule has 3 rings (SSSR count). The summed E-state index contributed by atoms with van der Waals surface area (Å²) in [4.78, 5) is 11.5. The maximum Gasteiger partial charge on any atom is 0.248 e. The fourth-order valence-electron chi connectivity index (χ4n) is 2.16. The van der Waals surface area contributed by atoms with Crippen LogP contribution in [0.4, 0.5) is 5.69 Å². The molecule has 6 nitrogen and oxygen atoms in total. The zero-order chi connectivity index (χ0) is 16.9. The lowest BCUT2D eigenvalue weighted by Gasteiger charge is -2.03. The van der Waals surface area contributed by atoms with E-state index in [2.05, 4.69) is 15.5 Å². The van der Waals surface area contributed by atoms with E-state index in [1.54, 1.807) is 24.3 Å². The summed E-state index contributed by atoms with van der Waals surface area (Å²) in [5, 5.41) is 19.3. The molecule has 0 saturated carbocycles. The number of hydrogen-bond acceptors (Lipinski definition) is 5. The predicted octanol–water partition coefficient (Wildman–Crippen LogP) is 3.56. The zero-order valence-electron chi connectivity index (χ0n) is 13.0. The maximum absolute atomic E-state index is 11.5. The van der Waals surface area contributed by atoms with Crippen LogP contribution >= 0.6 is 0 Å². The number of aromatic nitrogens is 2. The van der Waals surface area contributed by atoms with Crippen LogP contribution < -0.4 is 5.32 Å². The summed E-state index contributed by atoms with van der Waals surface area (Å²) >= 11 is 0. The minimum absolute atomic E-state index is 0.192. The molecule has 118 valence electrons. The van der Waals surface area contributed by atoms with Gasteiger partial charge >= 0.3 is 0 Å². The molecule has 1 amide bonds. The molecule has 3 aromatic rings. The first-order chi connectivity index (χ1) is 11.7. The Kier molecular flexibility index (Phi) is 4.34. The molecule has 0 spiro atoms. The number of carbonyl (C=O) groups is 1. The van der Waals surface area contributed by atoms with E-state index in [9.17, 15) is 4.79 Å². The highest BCUT2D eigenvalue weighted by atomic mass is 16.4. The molecular weight excluding hydrogens is 304 g/mol. The molecule has 0 fully saturated rings. The molecule has 1 N–H and O–H groups in total. The van der Waals surface area contributed by atoms with Crippen molar-refractivity contribution in [1.82, 2.24) is 10.2 Å². The SMILES string of the molecule is Cc1ccc(-c2nnc(-c3cccc(NC(=O)CC#N)c3)o2)cc1. The summed E-state index contributed by atoms with van der Waals surface area (Å²) in [6, 6.07) is 16.6. The Morgan fingerprint density at radius 3 is 2.54 bits per heavy atom. The van der Waals surface area contributed by atoms with Crippen LogP contribution in [0.1, 0.15) is 12.0 Å². The fourth-order valence-corrected chi connectivity index (χ4v) is 2.16. The second-order valence-corrected chi connectivity index (χ2v) is 5.24. The third kappa shape index (κ3) is 3.47. The molecule has 1 heterocycles. The van der Waals surface area contributed by atoms with Crippen molar-refractivity contribution in [3.8, 4) is 29.0 Å². The van der Waals surface area contributed by atoms with E-state index in [0.717, 1.165) is 11.1 Å². The standard InChI is InChI=1S/C18H14N4O2/c1-12-5-7-13(8-6-12)17-21-22-18(24-17)14-3-2-4-15(11-14)20-16(23)9-10-19/h2-8,11H,9H2,1H3,(H,20,23). The van der Waals surface area contributed by atoms with Crippen LogP contribution in [-0.4, -0.2) is 16.1 Å². The van der Waals surface area contributed by atoms with Gasteiger partial charge in [-0.05, 0) is 37.3 Å². The summed E-state index contributed by atoms with van der Waals surface area (Å²) in [6.07, 6.45) is -0.192. The number of hydrogen-bond donors (Lipinski definition) is 1. The molecule has 0 aliphatic carbocycles. The highest BCUT2D eigenvalue weighted by Gasteiger charge is 2.11. The van der Waals surface area contributed by atoms with Gasteiger partial charge in [0, 0.05) is 16.8 Å². The minimum Gasteiger partial charge on any atom is -0.416 e. The highest BCUT2D eigenvalue weighted by Crippen LogP contribution is 2.25. The van der Waals surface area contributed by atoms with E-state index in [0.29, 0.717) is 23.0 Å². The minimum atomic E-state index is -0.361. The molecular formula is C18H14N4O2. The largest absolute Gasteiger partial charge is 0.416 e. The van der Waals surface area contributed by atoms with Gasteiger partial charge in [0.05, 0.1) is 6.07 Å². The Morgan fingerprint density at radius 1 is 1.12 bits per heavy atom. The van der Waals surface area contributed by atoms with Crippen molar-refractivity contribution in [3.63, 3.8) is 0 Å². The van der Waals surface area contributed by atoms with Crippen molar-refractivity contribution in [1.29, 1.82) is 5.26 Å². The van der Waals surface area contributed by atoms with Gasteiger partial charge in [0.2, 0.25) is 17.7 Å². The second-order valence-electron chi connectivity index (χ2n) is 5.24. The van der Waals surface area contributed by atoms with Crippen LogP contribution in [0, 0.1) is 18.3 Å². The highest BCUT2D eigenvalue weighted by molar-refractivity contribution is 5.92.